The maximum absolute atomic E-state index is 10.3. The Labute approximate surface area is 159 Å². The van der Waals surface area contributed by atoms with E-state index in [1.807, 2.05) is 0 Å². The quantitative estimate of drug-likeness (QED) is 0.151. The van der Waals surface area contributed by atoms with E-state index in [1.54, 1.807) is 0 Å². The van der Waals surface area contributed by atoms with Gasteiger partial charge in [-0.3, -0.25) is 0 Å². The average molecular weight is 414 g/mol. The van der Waals surface area contributed by atoms with Crippen molar-refractivity contribution in [3.63, 3.8) is 0 Å². The van der Waals surface area contributed by atoms with Gasteiger partial charge in [-0.15, -0.1) is 0 Å². The van der Waals surface area contributed by atoms with Gasteiger partial charge in [0.15, 0.2) is 12.6 Å². The Hall–Kier alpha value is -1.13. The summed E-state index contributed by atoms with van der Waals surface area (Å²) in [6, 6.07) is 0. The number of aliphatic hydroxyl groups is 6. The van der Waals surface area contributed by atoms with Crippen LogP contribution >= 0.6 is 0 Å². The first-order valence-electron chi connectivity index (χ1n) is 8.66. The summed E-state index contributed by atoms with van der Waals surface area (Å²) in [7, 11) is 0. The van der Waals surface area contributed by atoms with Crippen LogP contribution in [0.25, 0.3) is 0 Å². The van der Waals surface area contributed by atoms with Crippen LogP contribution in [-0.4, -0.2) is 124 Å². The molecule has 9 unspecified atom stereocenters. The van der Waals surface area contributed by atoms with Crippen LogP contribution in [0.15, 0.2) is 0 Å². The molecule has 0 saturated carbocycles. The fraction of sp³-hybridized carbons (Fsp3) is 0.933. The van der Waals surface area contributed by atoms with Gasteiger partial charge >= 0.3 is 6.16 Å². The molecule has 0 aromatic rings. The van der Waals surface area contributed by atoms with Crippen molar-refractivity contribution in [1.82, 2.24) is 0 Å². The van der Waals surface area contributed by atoms with E-state index in [0.29, 0.717) is 0 Å². The zero-order valence-corrected chi connectivity index (χ0v) is 14.8. The number of hydrogen-bond acceptors (Lipinski definition) is 12. The summed E-state index contributed by atoms with van der Waals surface area (Å²) >= 11 is 0. The molecule has 2 aliphatic rings. The third kappa shape index (κ3) is 5.70. The lowest BCUT2D eigenvalue weighted by Gasteiger charge is -2.44. The van der Waals surface area contributed by atoms with Crippen LogP contribution in [0.4, 0.5) is 4.79 Å². The molecule has 164 valence electrons. The first kappa shape index (κ1) is 23.2. The van der Waals surface area contributed by atoms with Crippen LogP contribution in [-0.2, 0) is 23.7 Å². The summed E-state index contributed by atoms with van der Waals surface area (Å²) in [6.45, 7) is -1.63. The van der Waals surface area contributed by atoms with Gasteiger partial charge in [-0.05, 0) is 0 Å². The molecule has 2 saturated heterocycles. The number of aliphatic hydroxyl groups excluding tert-OH is 6. The van der Waals surface area contributed by atoms with E-state index in [4.69, 9.17) is 24.1 Å². The molecule has 0 radical (unpaired) electrons. The molecule has 0 spiro atoms. The van der Waals surface area contributed by atoms with Crippen LogP contribution in [0.1, 0.15) is 6.42 Å². The van der Waals surface area contributed by atoms with Gasteiger partial charge in [0.2, 0.25) is 0 Å². The second-order valence-corrected chi connectivity index (χ2v) is 6.37. The van der Waals surface area contributed by atoms with Crippen molar-refractivity contribution in [3.05, 3.63) is 0 Å². The Bertz CT molecular complexity index is 489. The summed E-state index contributed by atoms with van der Waals surface area (Å²) in [5, 5.41) is 67.0. The Morgan fingerprint density at radius 1 is 0.929 bits per heavy atom. The molecule has 0 aromatic carbocycles. The fourth-order valence-electron chi connectivity index (χ4n) is 2.98. The first-order chi connectivity index (χ1) is 13.3. The molecule has 28 heavy (non-hydrogen) atoms. The molecule has 0 aromatic heterocycles. The zero-order valence-electron chi connectivity index (χ0n) is 14.8. The number of hydrogen-bond donors (Lipinski definition) is 7. The Morgan fingerprint density at radius 3 is 2.21 bits per heavy atom. The summed E-state index contributed by atoms with van der Waals surface area (Å²) in [5.74, 6) is 0. The molecular formula is C15H26O13. The van der Waals surface area contributed by atoms with Crippen LogP contribution in [0.2, 0.25) is 0 Å². The number of ether oxygens (including phenoxy) is 5. The van der Waals surface area contributed by atoms with Crippen molar-refractivity contribution in [3.8, 4) is 0 Å². The van der Waals surface area contributed by atoms with Crippen molar-refractivity contribution >= 4 is 6.16 Å². The monoisotopic (exact) mass is 414 g/mol. The summed E-state index contributed by atoms with van der Waals surface area (Å²) in [4.78, 5) is 10.3. The molecule has 2 aliphatic heterocycles. The largest absolute Gasteiger partial charge is 0.505 e. The Morgan fingerprint density at radius 2 is 1.61 bits per heavy atom. The van der Waals surface area contributed by atoms with Gasteiger partial charge in [0, 0.05) is 6.42 Å². The second kappa shape index (κ2) is 10.6. The highest BCUT2D eigenvalue weighted by molar-refractivity contribution is 5.56. The van der Waals surface area contributed by atoms with E-state index < -0.39 is 74.7 Å². The molecule has 2 fully saturated rings. The Kier molecular flexibility index (Phi) is 8.76. The number of carboxylic acid groups (broad SMARTS) is 1. The van der Waals surface area contributed by atoms with Crippen LogP contribution < -0.4 is 0 Å². The molecule has 0 amide bonds. The molecule has 7 N–H and O–H groups in total. The Balaban J connectivity index is 1.93. The van der Waals surface area contributed by atoms with Gasteiger partial charge in [0.1, 0.15) is 43.2 Å². The number of carbonyl (C=O) groups is 1. The SMILES string of the molecule is O=C(O)OCCOC1CC(O)C(OC2OC(CO)C(O)C(O)C2O)C(CO)O1. The van der Waals surface area contributed by atoms with Crippen LogP contribution in [0, 0.1) is 0 Å². The van der Waals surface area contributed by atoms with E-state index in [2.05, 4.69) is 4.74 Å². The second-order valence-electron chi connectivity index (χ2n) is 6.37. The minimum Gasteiger partial charge on any atom is -0.450 e. The van der Waals surface area contributed by atoms with E-state index in [0.717, 1.165) is 0 Å². The minimum atomic E-state index is -1.67. The molecule has 13 heteroatoms. The highest BCUT2D eigenvalue weighted by Crippen LogP contribution is 2.29. The predicted octanol–water partition coefficient (Wildman–Crippen LogP) is -3.65. The van der Waals surface area contributed by atoms with E-state index >= 15 is 0 Å². The third-order valence-corrected chi connectivity index (χ3v) is 4.44. The molecule has 2 rings (SSSR count). The summed E-state index contributed by atoms with van der Waals surface area (Å²) in [6.07, 6.45) is -13.6. The smallest absolute Gasteiger partial charge is 0.450 e. The lowest BCUT2D eigenvalue weighted by Crippen LogP contribution is -2.62. The normalized spacial score (nSPS) is 41.6. The van der Waals surface area contributed by atoms with Gasteiger partial charge in [0.05, 0.1) is 25.9 Å². The standard InChI is InChI=1S/C15H26O13/c16-4-7-10(19)11(20)12(21)14(27-7)28-13-6(18)3-9(26-8(13)5-17)24-1-2-25-15(22)23/h6-14,16-21H,1-5H2,(H,22,23). The van der Waals surface area contributed by atoms with Crippen molar-refractivity contribution < 1.29 is 64.2 Å². The van der Waals surface area contributed by atoms with Crippen molar-refractivity contribution in [2.24, 2.45) is 0 Å². The molecule has 13 nitrogen and oxygen atoms in total. The van der Waals surface area contributed by atoms with Gasteiger partial charge < -0.3 is 59.4 Å². The maximum atomic E-state index is 10.3. The molecule has 0 aliphatic carbocycles. The summed E-state index contributed by atoms with van der Waals surface area (Å²) in [5.41, 5.74) is 0. The third-order valence-electron chi connectivity index (χ3n) is 4.44. The van der Waals surface area contributed by atoms with E-state index in [-0.39, 0.29) is 19.6 Å². The lowest BCUT2D eigenvalue weighted by molar-refractivity contribution is -0.344. The highest BCUT2D eigenvalue weighted by atomic mass is 16.7. The van der Waals surface area contributed by atoms with Gasteiger partial charge in [-0.1, -0.05) is 0 Å². The van der Waals surface area contributed by atoms with Gasteiger partial charge in [-0.2, -0.15) is 0 Å². The van der Waals surface area contributed by atoms with Gasteiger partial charge in [0.25, 0.3) is 0 Å². The minimum absolute atomic E-state index is 0.105. The molecular weight excluding hydrogens is 388 g/mol. The number of rotatable bonds is 8. The van der Waals surface area contributed by atoms with Crippen molar-refractivity contribution in [2.75, 3.05) is 26.4 Å². The summed E-state index contributed by atoms with van der Waals surface area (Å²) < 4.78 is 25.6. The highest BCUT2D eigenvalue weighted by Gasteiger charge is 2.48. The van der Waals surface area contributed by atoms with Crippen molar-refractivity contribution in [1.29, 1.82) is 0 Å². The van der Waals surface area contributed by atoms with Gasteiger partial charge in [-0.25, -0.2) is 4.79 Å². The van der Waals surface area contributed by atoms with Crippen LogP contribution in [0.5, 0.6) is 0 Å². The molecule has 2 heterocycles. The van der Waals surface area contributed by atoms with Crippen molar-refractivity contribution in [2.45, 2.75) is 61.7 Å². The molecule has 0 bridgehead atoms. The van der Waals surface area contributed by atoms with E-state index in [9.17, 15) is 35.4 Å². The maximum Gasteiger partial charge on any atom is 0.505 e. The predicted molar refractivity (Wildman–Crippen MR) is 84.9 cm³/mol. The van der Waals surface area contributed by atoms with Crippen LogP contribution in [0.3, 0.4) is 0 Å². The zero-order chi connectivity index (χ0) is 20.8. The average Bonchev–Trinajstić information content (AvgIpc) is 2.66. The molecule has 9 atom stereocenters. The first-order valence-corrected chi connectivity index (χ1v) is 8.66. The topological polar surface area (TPSA) is 205 Å². The fourth-order valence-corrected chi connectivity index (χ4v) is 2.98. The van der Waals surface area contributed by atoms with E-state index in [1.165, 1.54) is 0 Å². The lowest BCUT2D eigenvalue weighted by atomic mass is 9.98.